The average Bonchev–Trinajstić information content (AvgIpc) is 3.12. The first-order valence-corrected chi connectivity index (χ1v) is 8.56. The second-order valence-electron chi connectivity index (χ2n) is 7.21. The van der Waals surface area contributed by atoms with Gasteiger partial charge >= 0.3 is 0 Å². The molecule has 0 aliphatic heterocycles. The lowest BCUT2D eigenvalue weighted by Gasteiger charge is -2.29. The normalized spacial score (nSPS) is 29.1. The topological polar surface area (TPSA) is 38.3 Å². The zero-order valence-electron chi connectivity index (χ0n) is 13.8. The van der Waals surface area contributed by atoms with Crippen LogP contribution in [0.4, 0.5) is 0 Å². The third kappa shape index (κ3) is 3.29. The molecule has 1 aromatic carbocycles. The Morgan fingerprint density at radius 1 is 1.18 bits per heavy atom. The lowest BCUT2D eigenvalue weighted by molar-refractivity contribution is -0.128. The predicted octanol–water partition coefficient (Wildman–Crippen LogP) is 3.70. The minimum Gasteiger partial charge on any atom is -0.481 e. The smallest absolute Gasteiger partial charge is 0.260 e. The molecule has 2 saturated carbocycles. The Kier molecular flexibility index (Phi) is 4.42. The first kappa shape index (κ1) is 15.4. The van der Waals surface area contributed by atoms with Gasteiger partial charge in [-0.25, -0.2) is 0 Å². The van der Waals surface area contributed by atoms with Gasteiger partial charge < -0.3 is 10.1 Å². The number of carbonyl (C=O) groups excluding carboxylic acids is 1. The van der Waals surface area contributed by atoms with E-state index in [1.807, 2.05) is 38.1 Å². The zero-order chi connectivity index (χ0) is 15.7. The second-order valence-corrected chi connectivity index (χ2v) is 7.21. The van der Waals surface area contributed by atoms with Gasteiger partial charge in [0.2, 0.25) is 0 Å². The summed E-state index contributed by atoms with van der Waals surface area (Å²) >= 11 is 0. The van der Waals surface area contributed by atoms with Gasteiger partial charge in [0.15, 0.2) is 6.10 Å². The Bertz CT molecular complexity index is 525. The van der Waals surface area contributed by atoms with Crippen LogP contribution in [0.5, 0.6) is 5.75 Å². The van der Waals surface area contributed by atoms with E-state index in [2.05, 4.69) is 12.2 Å². The van der Waals surface area contributed by atoms with Crippen LogP contribution in [0.1, 0.15) is 45.1 Å². The van der Waals surface area contributed by atoms with Crippen LogP contribution in [-0.2, 0) is 4.79 Å². The Morgan fingerprint density at radius 2 is 1.91 bits per heavy atom. The van der Waals surface area contributed by atoms with Gasteiger partial charge in [0.25, 0.3) is 5.91 Å². The van der Waals surface area contributed by atoms with Crippen LogP contribution in [0.2, 0.25) is 0 Å². The van der Waals surface area contributed by atoms with Gasteiger partial charge in [0.1, 0.15) is 5.75 Å². The lowest BCUT2D eigenvalue weighted by Crippen LogP contribution is -2.45. The molecule has 0 spiro atoms. The molecule has 2 aliphatic carbocycles. The quantitative estimate of drug-likeness (QED) is 0.900. The Labute approximate surface area is 133 Å². The number of ether oxygens (including phenoxy) is 1. The highest BCUT2D eigenvalue weighted by Crippen LogP contribution is 2.49. The molecule has 2 aliphatic rings. The molecule has 0 aromatic heterocycles. The van der Waals surface area contributed by atoms with Gasteiger partial charge in [-0.3, -0.25) is 4.79 Å². The number of benzene rings is 1. The number of carbonyl (C=O) groups is 1. The van der Waals surface area contributed by atoms with Gasteiger partial charge in [0.05, 0.1) is 0 Å². The summed E-state index contributed by atoms with van der Waals surface area (Å²) in [6.45, 7) is 6.02. The minimum absolute atomic E-state index is 0.00384. The highest BCUT2D eigenvalue weighted by Gasteiger charge is 2.42. The third-order valence-electron chi connectivity index (χ3n) is 5.51. The van der Waals surface area contributed by atoms with Gasteiger partial charge in [0, 0.05) is 6.04 Å². The second kappa shape index (κ2) is 6.31. The fraction of sp³-hybridized carbons (Fsp3) is 0.632. The summed E-state index contributed by atoms with van der Waals surface area (Å²) in [6.07, 6.45) is 4.96. The lowest BCUT2D eigenvalue weighted by atomic mass is 9.84. The van der Waals surface area contributed by atoms with Crippen LogP contribution < -0.4 is 10.1 Å². The molecule has 1 amide bonds. The van der Waals surface area contributed by atoms with Crippen LogP contribution >= 0.6 is 0 Å². The highest BCUT2D eigenvalue weighted by atomic mass is 16.5. The molecular weight excluding hydrogens is 274 g/mol. The summed E-state index contributed by atoms with van der Waals surface area (Å²) in [7, 11) is 0. The van der Waals surface area contributed by atoms with Gasteiger partial charge in [-0.15, -0.1) is 0 Å². The fourth-order valence-electron chi connectivity index (χ4n) is 4.23. The van der Waals surface area contributed by atoms with E-state index in [1.54, 1.807) is 0 Å². The van der Waals surface area contributed by atoms with Crippen LogP contribution in [0.25, 0.3) is 0 Å². The van der Waals surface area contributed by atoms with Crippen molar-refractivity contribution in [1.82, 2.24) is 5.32 Å². The number of rotatable bonds is 5. The first-order valence-electron chi connectivity index (χ1n) is 8.56. The summed E-state index contributed by atoms with van der Waals surface area (Å²) in [5, 5.41) is 3.17. The van der Waals surface area contributed by atoms with Crippen LogP contribution in [0, 0.1) is 24.7 Å². The molecule has 120 valence electrons. The van der Waals surface area contributed by atoms with Crippen molar-refractivity contribution in [2.75, 3.05) is 0 Å². The number of amides is 1. The van der Waals surface area contributed by atoms with E-state index in [1.165, 1.54) is 31.2 Å². The summed E-state index contributed by atoms with van der Waals surface area (Å²) < 4.78 is 5.74. The molecule has 0 unspecified atom stereocenters. The molecule has 3 nitrogen and oxygen atoms in total. The summed E-state index contributed by atoms with van der Waals surface area (Å²) in [6, 6.07) is 8.08. The average molecular weight is 301 g/mol. The Balaban J connectivity index is 1.51. The molecule has 0 heterocycles. The molecule has 3 rings (SSSR count). The number of hydrogen-bond acceptors (Lipinski definition) is 2. The van der Waals surface area contributed by atoms with E-state index in [4.69, 9.17) is 4.74 Å². The molecule has 1 aromatic rings. The molecule has 0 radical (unpaired) electrons. The van der Waals surface area contributed by atoms with Crippen molar-refractivity contribution in [3.8, 4) is 5.75 Å². The van der Waals surface area contributed by atoms with E-state index in [-0.39, 0.29) is 11.9 Å². The predicted molar refractivity (Wildman–Crippen MR) is 87.8 cm³/mol. The number of hydrogen-bond donors (Lipinski definition) is 1. The standard InChI is InChI=1S/C19H27NO2/c1-12-4-8-17(9-5-12)22-14(3)19(21)20-13(2)18-11-15-6-7-16(18)10-15/h4-5,8-9,13-16,18H,6-7,10-11H2,1-3H3,(H,20,21)/t13-,14+,15-,16-,18-/m0/s1. The molecule has 1 N–H and O–H groups in total. The summed E-state index contributed by atoms with van der Waals surface area (Å²) in [5.74, 6) is 3.15. The maximum atomic E-state index is 12.4. The maximum Gasteiger partial charge on any atom is 0.260 e. The van der Waals surface area contributed by atoms with Crippen molar-refractivity contribution >= 4 is 5.91 Å². The zero-order valence-corrected chi connectivity index (χ0v) is 13.8. The first-order chi connectivity index (χ1) is 10.5. The molecule has 2 fully saturated rings. The number of aryl methyl sites for hydroxylation is 1. The molecular formula is C19H27NO2. The van der Waals surface area contributed by atoms with Gasteiger partial charge in [-0.2, -0.15) is 0 Å². The van der Waals surface area contributed by atoms with E-state index >= 15 is 0 Å². The fourth-order valence-corrected chi connectivity index (χ4v) is 4.23. The van der Waals surface area contributed by atoms with Crippen molar-refractivity contribution in [3.05, 3.63) is 29.8 Å². The van der Waals surface area contributed by atoms with Gasteiger partial charge in [-0.1, -0.05) is 24.1 Å². The maximum absolute atomic E-state index is 12.4. The van der Waals surface area contributed by atoms with E-state index < -0.39 is 6.10 Å². The van der Waals surface area contributed by atoms with Crippen molar-refractivity contribution in [2.24, 2.45) is 17.8 Å². The van der Waals surface area contributed by atoms with Crippen molar-refractivity contribution in [1.29, 1.82) is 0 Å². The van der Waals surface area contributed by atoms with E-state index in [9.17, 15) is 4.79 Å². The summed E-state index contributed by atoms with van der Waals surface area (Å²) in [4.78, 5) is 12.4. The minimum atomic E-state index is -0.455. The van der Waals surface area contributed by atoms with E-state index in [0.29, 0.717) is 5.92 Å². The van der Waals surface area contributed by atoms with Crippen LogP contribution in [0.3, 0.4) is 0 Å². The number of nitrogens with one attached hydrogen (secondary N) is 1. The number of fused-ring (bicyclic) bond motifs is 2. The highest BCUT2D eigenvalue weighted by molar-refractivity contribution is 5.81. The van der Waals surface area contributed by atoms with Gasteiger partial charge in [-0.05, 0) is 69.9 Å². The molecule has 3 heteroatoms. The monoisotopic (exact) mass is 301 g/mol. The SMILES string of the molecule is Cc1ccc(O[C@H](C)C(=O)N[C@@H](C)[C@@H]2C[C@H]3CC[C@H]2C3)cc1. The van der Waals surface area contributed by atoms with E-state index in [0.717, 1.165) is 17.6 Å². The Hall–Kier alpha value is -1.51. The molecule has 22 heavy (non-hydrogen) atoms. The Morgan fingerprint density at radius 3 is 2.50 bits per heavy atom. The largest absolute Gasteiger partial charge is 0.481 e. The molecule has 0 saturated heterocycles. The molecule has 2 bridgehead atoms. The van der Waals surface area contributed by atoms with Crippen LogP contribution in [0.15, 0.2) is 24.3 Å². The molecule has 5 atom stereocenters. The summed E-state index contributed by atoms with van der Waals surface area (Å²) in [5.41, 5.74) is 1.19. The van der Waals surface area contributed by atoms with Crippen molar-refractivity contribution in [3.63, 3.8) is 0 Å². The third-order valence-corrected chi connectivity index (χ3v) is 5.51. The van der Waals surface area contributed by atoms with Crippen molar-refractivity contribution in [2.45, 2.75) is 58.6 Å². The van der Waals surface area contributed by atoms with Crippen molar-refractivity contribution < 1.29 is 9.53 Å². The van der Waals surface area contributed by atoms with Crippen LogP contribution in [-0.4, -0.2) is 18.1 Å².